The first kappa shape index (κ1) is 22.2. The van der Waals surface area contributed by atoms with Gasteiger partial charge in [0.25, 0.3) is 5.56 Å². The van der Waals surface area contributed by atoms with Crippen LogP contribution in [0.3, 0.4) is 0 Å². The van der Waals surface area contributed by atoms with Crippen molar-refractivity contribution in [1.82, 2.24) is 9.55 Å². The number of carbonyl (C=O) groups excluding carboxylic acids is 1. The molecule has 2 heterocycles. The van der Waals surface area contributed by atoms with Gasteiger partial charge < -0.3 is 10.4 Å². The van der Waals surface area contributed by atoms with E-state index in [1.54, 1.807) is 12.1 Å². The van der Waals surface area contributed by atoms with Crippen molar-refractivity contribution in [2.24, 2.45) is 0 Å². The molecule has 1 atom stereocenters. The van der Waals surface area contributed by atoms with E-state index < -0.39 is 6.04 Å². The molecule has 2 aromatic heterocycles. The third kappa shape index (κ3) is 4.20. The number of hydrogen-bond acceptors (Lipinski definition) is 5. The lowest BCUT2D eigenvalue weighted by atomic mass is 10.0. The molecule has 0 saturated carbocycles. The minimum absolute atomic E-state index is 0.116. The van der Waals surface area contributed by atoms with Crippen molar-refractivity contribution in [2.75, 3.05) is 5.32 Å². The number of fused-ring (bicyclic) bond motifs is 1. The molecule has 8 heteroatoms. The second-order valence-corrected chi connectivity index (χ2v) is 9.36. The third-order valence-electron chi connectivity index (χ3n) is 5.32. The highest BCUT2D eigenvalue weighted by Crippen LogP contribution is 2.37. The van der Waals surface area contributed by atoms with Gasteiger partial charge in [0.2, 0.25) is 5.91 Å². The zero-order chi connectivity index (χ0) is 22.8. The van der Waals surface area contributed by atoms with Gasteiger partial charge in [0.15, 0.2) is 0 Å². The number of phenols is 1. The van der Waals surface area contributed by atoms with E-state index in [1.807, 2.05) is 31.2 Å². The largest absolute Gasteiger partial charge is 0.508 e. The summed E-state index contributed by atoms with van der Waals surface area (Å²) in [6, 6.07) is 13.4. The summed E-state index contributed by atoms with van der Waals surface area (Å²) < 4.78 is 2.39. The van der Waals surface area contributed by atoms with Crippen molar-refractivity contribution in [2.45, 2.75) is 32.7 Å². The smallest absolute Gasteiger partial charge is 0.263 e. The fraction of sp³-hybridized carbons (Fsp3) is 0.208. The SMILES string of the molecule is CCc1sc2ncn(C(CC)C(=O)Nc3ccc(O)cc3)c(=O)c2c1-c1ccc(Br)cc1. The zero-order valence-electron chi connectivity index (χ0n) is 17.6. The zero-order valence-corrected chi connectivity index (χ0v) is 20.0. The van der Waals surface area contributed by atoms with Crippen LogP contribution in [-0.2, 0) is 11.2 Å². The monoisotopic (exact) mass is 511 g/mol. The summed E-state index contributed by atoms with van der Waals surface area (Å²) in [6.45, 7) is 3.92. The van der Waals surface area contributed by atoms with Crippen LogP contribution in [0.1, 0.15) is 31.2 Å². The lowest BCUT2D eigenvalue weighted by molar-refractivity contribution is -0.119. The minimum Gasteiger partial charge on any atom is -0.508 e. The van der Waals surface area contributed by atoms with Gasteiger partial charge in [-0.3, -0.25) is 14.2 Å². The molecule has 0 bridgehead atoms. The van der Waals surface area contributed by atoms with E-state index in [9.17, 15) is 14.7 Å². The summed E-state index contributed by atoms with van der Waals surface area (Å²) in [5, 5.41) is 12.8. The van der Waals surface area contributed by atoms with Crippen molar-refractivity contribution in [3.05, 3.63) is 74.6 Å². The Morgan fingerprint density at radius 1 is 1.16 bits per heavy atom. The van der Waals surface area contributed by atoms with Crippen molar-refractivity contribution in [1.29, 1.82) is 0 Å². The molecule has 0 aliphatic carbocycles. The van der Waals surface area contributed by atoms with Crippen LogP contribution in [0.4, 0.5) is 5.69 Å². The molecule has 0 saturated heterocycles. The van der Waals surface area contributed by atoms with Crippen molar-refractivity contribution >= 4 is 49.1 Å². The van der Waals surface area contributed by atoms with Gasteiger partial charge in [-0.2, -0.15) is 0 Å². The number of carbonyl (C=O) groups is 1. The highest BCUT2D eigenvalue weighted by Gasteiger charge is 2.24. The fourth-order valence-electron chi connectivity index (χ4n) is 3.72. The van der Waals surface area contributed by atoms with Gasteiger partial charge in [-0.15, -0.1) is 11.3 Å². The van der Waals surface area contributed by atoms with Crippen LogP contribution in [0, 0.1) is 0 Å². The molecule has 1 unspecified atom stereocenters. The third-order valence-corrected chi connectivity index (χ3v) is 7.10. The predicted molar refractivity (Wildman–Crippen MR) is 132 cm³/mol. The molecular formula is C24H22BrN3O3S. The number of aromatic nitrogens is 2. The summed E-state index contributed by atoms with van der Waals surface area (Å²) in [6.07, 6.45) is 2.68. The Hall–Kier alpha value is -2.97. The Balaban J connectivity index is 1.80. The summed E-state index contributed by atoms with van der Waals surface area (Å²) in [5.74, 6) is -0.192. The van der Waals surface area contributed by atoms with Crippen LogP contribution >= 0.6 is 27.3 Å². The maximum absolute atomic E-state index is 13.6. The fourth-order valence-corrected chi connectivity index (χ4v) is 5.08. The maximum Gasteiger partial charge on any atom is 0.263 e. The number of aromatic hydroxyl groups is 1. The average Bonchev–Trinajstić information content (AvgIpc) is 3.17. The molecular weight excluding hydrogens is 490 g/mol. The molecule has 164 valence electrons. The van der Waals surface area contributed by atoms with Gasteiger partial charge in [-0.05, 0) is 54.8 Å². The van der Waals surface area contributed by atoms with Crippen LogP contribution in [0.25, 0.3) is 21.3 Å². The Morgan fingerprint density at radius 2 is 1.84 bits per heavy atom. The average molecular weight is 512 g/mol. The summed E-state index contributed by atoms with van der Waals surface area (Å²) in [7, 11) is 0. The number of amides is 1. The van der Waals surface area contributed by atoms with Gasteiger partial charge in [-0.25, -0.2) is 4.98 Å². The lowest BCUT2D eigenvalue weighted by Gasteiger charge is -2.18. The Kier molecular flexibility index (Phi) is 6.43. The minimum atomic E-state index is -0.712. The van der Waals surface area contributed by atoms with Gasteiger partial charge in [0.1, 0.15) is 16.6 Å². The molecule has 0 radical (unpaired) electrons. The topological polar surface area (TPSA) is 84.2 Å². The van der Waals surface area contributed by atoms with Crippen LogP contribution in [0.15, 0.2) is 64.1 Å². The first-order chi connectivity index (χ1) is 15.4. The standard InChI is InChI=1S/C24H22BrN3O3S/c1-3-18(22(30)27-16-9-11-17(29)12-10-16)28-13-26-23-21(24(28)31)20(19(4-2)32-23)14-5-7-15(25)8-6-14/h5-13,18,29H,3-4H2,1-2H3,(H,27,30). The molecule has 1 amide bonds. The van der Waals surface area contributed by atoms with Crippen molar-refractivity contribution in [3.63, 3.8) is 0 Å². The number of phenolic OH excluding ortho intramolecular Hbond substituents is 1. The van der Waals surface area contributed by atoms with E-state index in [1.165, 1.54) is 34.4 Å². The number of benzene rings is 2. The van der Waals surface area contributed by atoms with Crippen LogP contribution in [-0.4, -0.2) is 20.6 Å². The van der Waals surface area contributed by atoms with E-state index in [4.69, 9.17) is 0 Å². The first-order valence-electron chi connectivity index (χ1n) is 10.3. The Morgan fingerprint density at radius 3 is 2.47 bits per heavy atom. The van der Waals surface area contributed by atoms with Gasteiger partial charge in [0.05, 0.1) is 11.7 Å². The van der Waals surface area contributed by atoms with Gasteiger partial charge in [0, 0.05) is 20.6 Å². The predicted octanol–water partition coefficient (Wildman–Crippen LogP) is 5.75. The second-order valence-electron chi connectivity index (χ2n) is 7.36. The van der Waals surface area contributed by atoms with Crippen molar-refractivity contribution < 1.29 is 9.90 Å². The Labute approximate surface area is 197 Å². The van der Waals surface area contributed by atoms with E-state index in [2.05, 4.69) is 33.2 Å². The van der Waals surface area contributed by atoms with Crippen LogP contribution < -0.4 is 10.9 Å². The van der Waals surface area contributed by atoms with E-state index >= 15 is 0 Å². The number of aryl methyl sites for hydroxylation is 1. The van der Waals surface area contributed by atoms with E-state index in [-0.39, 0.29) is 17.2 Å². The number of anilines is 1. The molecule has 0 fully saturated rings. The second kappa shape index (κ2) is 9.26. The van der Waals surface area contributed by atoms with E-state index in [0.717, 1.165) is 26.9 Å². The molecule has 32 heavy (non-hydrogen) atoms. The van der Waals surface area contributed by atoms with Crippen LogP contribution in [0.2, 0.25) is 0 Å². The molecule has 0 aliphatic heterocycles. The number of nitrogens with one attached hydrogen (secondary N) is 1. The summed E-state index contributed by atoms with van der Waals surface area (Å²) in [4.78, 5) is 32.9. The van der Waals surface area contributed by atoms with Gasteiger partial charge in [-0.1, -0.05) is 41.9 Å². The quantitative estimate of drug-likeness (QED) is 0.323. The van der Waals surface area contributed by atoms with E-state index in [0.29, 0.717) is 22.3 Å². The molecule has 4 aromatic rings. The molecule has 0 spiro atoms. The molecule has 0 aliphatic rings. The number of halogens is 1. The molecule has 6 nitrogen and oxygen atoms in total. The normalized spacial score (nSPS) is 12.1. The number of nitrogens with zero attached hydrogens (tertiary/aromatic N) is 2. The van der Waals surface area contributed by atoms with Crippen LogP contribution in [0.5, 0.6) is 5.75 Å². The lowest BCUT2D eigenvalue weighted by Crippen LogP contribution is -2.33. The number of rotatable bonds is 6. The summed E-state index contributed by atoms with van der Waals surface area (Å²) >= 11 is 4.98. The highest BCUT2D eigenvalue weighted by atomic mass is 79.9. The van der Waals surface area contributed by atoms with Crippen molar-refractivity contribution in [3.8, 4) is 16.9 Å². The molecule has 2 aromatic carbocycles. The van der Waals surface area contributed by atoms with Gasteiger partial charge >= 0.3 is 0 Å². The Bertz CT molecular complexity index is 1330. The summed E-state index contributed by atoms with van der Waals surface area (Å²) in [5.41, 5.74) is 2.17. The maximum atomic E-state index is 13.6. The highest BCUT2D eigenvalue weighted by molar-refractivity contribution is 9.10. The number of hydrogen-bond donors (Lipinski definition) is 2. The molecule has 2 N–H and O–H groups in total. The molecule has 4 rings (SSSR count). The number of thiophene rings is 1. The first-order valence-corrected chi connectivity index (χ1v) is 11.9.